The topological polar surface area (TPSA) is 96.3 Å². The summed E-state index contributed by atoms with van der Waals surface area (Å²) in [6.45, 7) is -0.224. The summed E-state index contributed by atoms with van der Waals surface area (Å²) in [5, 5.41) is 0. The molecule has 0 saturated heterocycles. The molecule has 9 heteroatoms. The van der Waals surface area contributed by atoms with Crippen molar-refractivity contribution in [1.82, 2.24) is 9.80 Å². The van der Waals surface area contributed by atoms with Crippen molar-refractivity contribution >= 4 is 27.7 Å². The van der Waals surface area contributed by atoms with Crippen LogP contribution in [0.15, 0.2) is 63.9 Å². The fraction of sp³-hybridized carbons (Fsp3) is 0.250. The van der Waals surface area contributed by atoms with Crippen molar-refractivity contribution in [2.45, 2.75) is 11.4 Å². The van der Waals surface area contributed by atoms with Crippen LogP contribution in [-0.4, -0.2) is 63.2 Å². The highest BCUT2D eigenvalue weighted by Crippen LogP contribution is 2.26. The van der Waals surface area contributed by atoms with E-state index in [4.69, 9.17) is 4.74 Å². The first-order valence-corrected chi connectivity index (χ1v) is 10.3. The molecule has 0 aromatic heterocycles. The zero-order valence-corrected chi connectivity index (χ0v) is 16.9. The average molecular weight is 415 g/mol. The van der Waals surface area contributed by atoms with Gasteiger partial charge in [-0.3, -0.25) is 9.59 Å². The highest BCUT2D eigenvalue weighted by Gasteiger charge is 2.31. The minimum Gasteiger partial charge on any atom is -0.454 e. The Morgan fingerprint density at radius 3 is 2.38 bits per heavy atom. The second kappa shape index (κ2) is 8.44. The Balaban J connectivity index is 1.54. The van der Waals surface area contributed by atoms with Gasteiger partial charge in [-0.1, -0.05) is 42.5 Å². The Morgan fingerprint density at radius 2 is 1.66 bits per heavy atom. The van der Waals surface area contributed by atoms with Crippen LogP contribution in [0.5, 0.6) is 0 Å². The van der Waals surface area contributed by atoms with Gasteiger partial charge in [-0.05, 0) is 17.7 Å². The number of fused-ring (bicyclic) bond motifs is 1. The van der Waals surface area contributed by atoms with Crippen LogP contribution < -0.4 is 0 Å². The Bertz CT molecular complexity index is 1050. The number of nitrogens with zero attached hydrogens (tertiary/aromatic N) is 3. The first kappa shape index (κ1) is 20.5. The van der Waals surface area contributed by atoms with Crippen LogP contribution in [0.2, 0.25) is 0 Å². The molecule has 0 spiro atoms. The Hall–Kier alpha value is -3.20. The number of amidine groups is 1. The second-order valence-electron chi connectivity index (χ2n) is 6.64. The summed E-state index contributed by atoms with van der Waals surface area (Å²) in [4.78, 5) is 27.3. The lowest BCUT2D eigenvalue weighted by molar-refractivity contribution is -0.151. The second-order valence-corrected chi connectivity index (χ2v) is 8.21. The molecule has 0 aliphatic carbocycles. The van der Waals surface area contributed by atoms with E-state index in [1.54, 1.807) is 32.3 Å². The van der Waals surface area contributed by atoms with Gasteiger partial charge in [0.1, 0.15) is 11.4 Å². The fourth-order valence-corrected chi connectivity index (χ4v) is 4.13. The van der Waals surface area contributed by atoms with Gasteiger partial charge in [0.25, 0.3) is 15.9 Å². The van der Waals surface area contributed by atoms with E-state index in [0.29, 0.717) is 12.1 Å². The number of benzene rings is 2. The maximum Gasteiger partial charge on any atom is 0.326 e. The van der Waals surface area contributed by atoms with Gasteiger partial charge in [-0.25, -0.2) is 0 Å². The molecule has 8 nitrogen and oxygen atoms in total. The van der Waals surface area contributed by atoms with E-state index in [0.717, 1.165) is 5.56 Å². The third kappa shape index (κ3) is 4.80. The number of amides is 1. The van der Waals surface area contributed by atoms with Crippen LogP contribution >= 0.6 is 0 Å². The molecule has 1 aliphatic heterocycles. The number of hydrogen-bond donors (Lipinski definition) is 0. The molecule has 0 saturated carbocycles. The first-order valence-electron chi connectivity index (χ1n) is 8.87. The minimum absolute atomic E-state index is 0.105. The molecule has 1 amide bonds. The zero-order valence-electron chi connectivity index (χ0n) is 16.1. The number of sulfonamides is 1. The summed E-state index contributed by atoms with van der Waals surface area (Å²) in [6.07, 6.45) is 0. The number of carbonyl (C=O) groups excluding carboxylic acids is 2. The number of hydrogen-bond acceptors (Lipinski definition) is 6. The summed E-state index contributed by atoms with van der Waals surface area (Å²) < 4.78 is 33.0. The maximum atomic E-state index is 12.2. The molecule has 1 heterocycles. The largest absolute Gasteiger partial charge is 0.454 e. The van der Waals surface area contributed by atoms with Crippen LogP contribution in [0.25, 0.3) is 0 Å². The fourth-order valence-electron chi connectivity index (χ4n) is 2.88. The molecule has 152 valence electrons. The van der Waals surface area contributed by atoms with Crippen molar-refractivity contribution in [3.05, 3.63) is 65.7 Å². The van der Waals surface area contributed by atoms with Gasteiger partial charge >= 0.3 is 5.97 Å². The van der Waals surface area contributed by atoms with E-state index in [9.17, 15) is 18.0 Å². The lowest BCUT2D eigenvalue weighted by Crippen LogP contribution is -2.35. The SMILES string of the molecule is CN(Cc1ccccc1)C(=O)COC(=O)CN(C)C1=NS(=O)(=O)c2ccccc21. The van der Waals surface area contributed by atoms with Gasteiger partial charge < -0.3 is 14.5 Å². The van der Waals surface area contributed by atoms with Gasteiger partial charge in [0.05, 0.1) is 0 Å². The Labute approximate surface area is 169 Å². The van der Waals surface area contributed by atoms with Crippen LogP contribution in [0.1, 0.15) is 11.1 Å². The maximum absolute atomic E-state index is 12.2. The molecule has 3 rings (SSSR count). The monoisotopic (exact) mass is 415 g/mol. The summed E-state index contributed by atoms with van der Waals surface area (Å²) in [5.41, 5.74) is 1.40. The predicted molar refractivity (Wildman–Crippen MR) is 107 cm³/mol. The van der Waals surface area contributed by atoms with E-state index < -0.39 is 22.6 Å². The number of rotatable bonds is 6. The van der Waals surface area contributed by atoms with Crippen molar-refractivity contribution in [2.24, 2.45) is 4.40 Å². The van der Waals surface area contributed by atoms with Crippen molar-refractivity contribution in [3.8, 4) is 0 Å². The van der Waals surface area contributed by atoms with E-state index in [1.165, 1.54) is 15.9 Å². The molecule has 2 aromatic rings. The van der Waals surface area contributed by atoms with E-state index in [1.807, 2.05) is 30.3 Å². The van der Waals surface area contributed by atoms with E-state index in [2.05, 4.69) is 4.40 Å². The van der Waals surface area contributed by atoms with Crippen LogP contribution in [0, 0.1) is 0 Å². The molecule has 2 aromatic carbocycles. The van der Waals surface area contributed by atoms with Gasteiger partial charge in [0, 0.05) is 26.2 Å². The number of ether oxygens (including phenoxy) is 1. The zero-order chi connectivity index (χ0) is 21.0. The molecular formula is C20H21N3O5S. The number of carbonyl (C=O) groups is 2. The normalized spacial score (nSPS) is 13.9. The smallest absolute Gasteiger partial charge is 0.326 e. The van der Waals surface area contributed by atoms with Crippen LogP contribution in [0.4, 0.5) is 0 Å². The molecule has 0 N–H and O–H groups in total. The number of likely N-dealkylation sites (N-methyl/N-ethyl adjacent to an activating group) is 2. The van der Waals surface area contributed by atoms with Gasteiger partial charge in [-0.2, -0.15) is 8.42 Å². The lowest BCUT2D eigenvalue weighted by atomic mass is 10.2. The third-order valence-corrected chi connectivity index (χ3v) is 5.71. The molecular weight excluding hydrogens is 394 g/mol. The standard InChI is InChI=1S/C20H21N3O5S/c1-22(12-15-8-4-3-5-9-15)18(24)14-28-19(25)13-23(2)20-16-10-6-7-11-17(16)29(26,27)21-20/h3-11H,12-14H2,1-2H3. The van der Waals surface area contributed by atoms with Crippen molar-refractivity contribution < 1.29 is 22.7 Å². The van der Waals surface area contributed by atoms with E-state index in [-0.39, 0.29) is 23.2 Å². The summed E-state index contributed by atoms with van der Waals surface area (Å²) >= 11 is 0. The highest BCUT2D eigenvalue weighted by atomic mass is 32.2. The summed E-state index contributed by atoms with van der Waals surface area (Å²) in [7, 11) is -0.597. The quantitative estimate of drug-likeness (QED) is 0.660. The van der Waals surface area contributed by atoms with Crippen molar-refractivity contribution in [1.29, 1.82) is 0 Å². The Kier molecular flexibility index (Phi) is 5.97. The van der Waals surface area contributed by atoms with E-state index >= 15 is 0 Å². The Morgan fingerprint density at radius 1 is 1.00 bits per heavy atom. The molecule has 0 atom stereocenters. The van der Waals surface area contributed by atoms with Crippen LogP contribution in [0.3, 0.4) is 0 Å². The van der Waals surface area contributed by atoms with Gasteiger partial charge in [-0.15, -0.1) is 4.40 Å². The molecule has 0 radical (unpaired) electrons. The first-order chi connectivity index (χ1) is 13.8. The van der Waals surface area contributed by atoms with Crippen molar-refractivity contribution in [2.75, 3.05) is 27.2 Å². The van der Waals surface area contributed by atoms with Crippen molar-refractivity contribution in [3.63, 3.8) is 0 Å². The summed E-state index contributed by atoms with van der Waals surface area (Å²) in [6, 6.07) is 15.9. The van der Waals surface area contributed by atoms with Crippen LogP contribution in [-0.2, 0) is 30.9 Å². The predicted octanol–water partition coefficient (Wildman–Crippen LogP) is 1.27. The minimum atomic E-state index is -3.77. The highest BCUT2D eigenvalue weighted by molar-refractivity contribution is 7.90. The third-order valence-electron chi connectivity index (χ3n) is 4.39. The lowest BCUT2D eigenvalue weighted by Gasteiger charge is -2.19. The molecule has 0 bridgehead atoms. The average Bonchev–Trinajstić information content (AvgIpc) is 2.98. The molecule has 1 aliphatic rings. The van der Waals surface area contributed by atoms with Gasteiger partial charge in [0.2, 0.25) is 0 Å². The number of esters is 1. The summed E-state index contributed by atoms with van der Waals surface area (Å²) in [5.74, 6) is -0.820. The molecule has 0 fully saturated rings. The van der Waals surface area contributed by atoms with Gasteiger partial charge in [0.15, 0.2) is 12.4 Å². The molecule has 29 heavy (non-hydrogen) atoms. The molecule has 0 unspecified atom stereocenters.